The van der Waals surface area contributed by atoms with Gasteiger partial charge in [-0.1, -0.05) is 30.3 Å². The molecule has 3 rings (SSSR count). The highest BCUT2D eigenvalue weighted by Gasteiger charge is 2.19. The third kappa shape index (κ3) is 3.86. The second-order valence-electron chi connectivity index (χ2n) is 5.52. The van der Waals surface area contributed by atoms with Crippen molar-refractivity contribution in [2.24, 2.45) is 0 Å². The van der Waals surface area contributed by atoms with Gasteiger partial charge < -0.3 is 5.32 Å². The monoisotopic (exact) mass is 285 g/mol. The van der Waals surface area contributed by atoms with Gasteiger partial charge in [-0.2, -0.15) is 0 Å². The van der Waals surface area contributed by atoms with Crippen molar-refractivity contribution in [1.82, 2.24) is 15.2 Å². The molecule has 0 bridgehead atoms. The highest BCUT2D eigenvalue weighted by atomic mass is 19.1. The highest BCUT2D eigenvalue weighted by Crippen LogP contribution is 2.18. The predicted molar refractivity (Wildman–Crippen MR) is 81.3 cm³/mol. The molecule has 3 nitrogen and oxygen atoms in total. The fourth-order valence-electron chi connectivity index (χ4n) is 2.85. The molecular weight excluding hydrogens is 265 g/mol. The van der Waals surface area contributed by atoms with Crippen LogP contribution in [0.1, 0.15) is 23.6 Å². The van der Waals surface area contributed by atoms with Gasteiger partial charge in [0.25, 0.3) is 0 Å². The Hall–Kier alpha value is -1.78. The number of nitrogens with zero attached hydrogens (tertiary/aromatic N) is 2. The van der Waals surface area contributed by atoms with Crippen LogP contribution in [0.4, 0.5) is 4.39 Å². The number of hydrogen-bond donors (Lipinski definition) is 1. The molecule has 0 aliphatic carbocycles. The minimum absolute atomic E-state index is 0.264. The Balaban J connectivity index is 1.70. The molecule has 1 aromatic carbocycles. The van der Waals surface area contributed by atoms with E-state index < -0.39 is 0 Å². The molecule has 21 heavy (non-hydrogen) atoms. The minimum Gasteiger partial charge on any atom is -0.309 e. The van der Waals surface area contributed by atoms with Crippen LogP contribution in [0.3, 0.4) is 0 Å². The van der Waals surface area contributed by atoms with Crippen molar-refractivity contribution in [3.63, 3.8) is 0 Å². The molecule has 1 N–H and O–H groups in total. The van der Waals surface area contributed by atoms with Crippen LogP contribution in [0.15, 0.2) is 48.8 Å². The molecule has 1 aliphatic heterocycles. The summed E-state index contributed by atoms with van der Waals surface area (Å²) in [5.74, 6) is -0.264. The maximum atomic E-state index is 13.2. The Kier molecular flexibility index (Phi) is 4.58. The lowest BCUT2D eigenvalue weighted by molar-refractivity contribution is 0.260. The van der Waals surface area contributed by atoms with Gasteiger partial charge in [0.05, 0.1) is 6.20 Å². The molecule has 0 radical (unpaired) electrons. The zero-order valence-electron chi connectivity index (χ0n) is 12.0. The molecule has 2 heterocycles. The molecule has 0 spiro atoms. The second-order valence-corrected chi connectivity index (χ2v) is 5.52. The van der Waals surface area contributed by atoms with Crippen molar-refractivity contribution >= 4 is 0 Å². The fourth-order valence-corrected chi connectivity index (χ4v) is 2.85. The largest absolute Gasteiger partial charge is 0.309 e. The van der Waals surface area contributed by atoms with Crippen LogP contribution in [0.5, 0.6) is 0 Å². The zero-order chi connectivity index (χ0) is 14.5. The summed E-state index contributed by atoms with van der Waals surface area (Å²) >= 11 is 0. The van der Waals surface area contributed by atoms with E-state index in [1.54, 1.807) is 12.3 Å². The Morgan fingerprint density at radius 2 is 2.10 bits per heavy atom. The Morgan fingerprint density at radius 3 is 2.90 bits per heavy atom. The number of nitrogens with one attached hydrogen (secondary N) is 1. The average molecular weight is 285 g/mol. The molecule has 1 saturated heterocycles. The summed E-state index contributed by atoms with van der Waals surface area (Å²) in [6.07, 6.45) is 4.10. The van der Waals surface area contributed by atoms with Crippen molar-refractivity contribution in [3.8, 4) is 0 Å². The van der Waals surface area contributed by atoms with Gasteiger partial charge in [-0.25, -0.2) is 4.39 Å². The summed E-state index contributed by atoms with van der Waals surface area (Å²) in [4.78, 5) is 6.30. The van der Waals surface area contributed by atoms with Crippen molar-refractivity contribution in [2.45, 2.75) is 19.0 Å². The number of aromatic nitrogens is 1. The second kappa shape index (κ2) is 6.78. The Labute approximate surface area is 124 Å². The topological polar surface area (TPSA) is 28.2 Å². The quantitative estimate of drug-likeness (QED) is 0.940. The molecule has 4 heteroatoms. The lowest BCUT2D eigenvalue weighted by Crippen LogP contribution is -2.31. The van der Waals surface area contributed by atoms with E-state index in [0.29, 0.717) is 6.04 Å². The van der Waals surface area contributed by atoms with Crippen LogP contribution < -0.4 is 5.32 Å². The van der Waals surface area contributed by atoms with E-state index in [0.717, 1.165) is 38.2 Å². The first-order valence-corrected chi connectivity index (χ1v) is 7.41. The van der Waals surface area contributed by atoms with Gasteiger partial charge in [-0.3, -0.25) is 9.88 Å². The summed E-state index contributed by atoms with van der Waals surface area (Å²) in [7, 11) is 0. The highest BCUT2D eigenvalue weighted by molar-refractivity contribution is 5.20. The maximum absolute atomic E-state index is 13.2. The minimum atomic E-state index is -0.264. The smallest absolute Gasteiger partial charge is 0.141 e. The number of benzene rings is 1. The van der Waals surface area contributed by atoms with Gasteiger partial charge in [-0.05, 0) is 36.7 Å². The van der Waals surface area contributed by atoms with Crippen LogP contribution in [0, 0.1) is 5.82 Å². The fraction of sp³-hybridized carbons (Fsp3) is 0.353. The summed E-state index contributed by atoms with van der Waals surface area (Å²) in [5.41, 5.74) is 2.24. The predicted octanol–water partition coefficient (Wildman–Crippen LogP) is 2.76. The Bertz CT molecular complexity index is 573. The average Bonchev–Trinajstić information content (AvgIpc) is 2.74. The standard InChI is InChI=1S/C17H20FN3/c18-16-9-14(10-19-11-16)12-21-8-4-7-20-17(13-21)15-5-2-1-3-6-15/h1-3,5-6,9-11,17,20H,4,7-8,12-13H2. The maximum Gasteiger partial charge on any atom is 0.141 e. The zero-order valence-corrected chi connectivity index (χ0v) is 12.0. The summed E-state index contributed by atoms with van der Waals surface area (Å²) in [6.45, 7) is 3.71. The summed E-state index contributed by atoms with van der Waals surface area (Å²) in [5, 5.41) is 3.59. The Morgan fingerprint density at radius 1 is 1.24 bits per heavy atom. The number of pyridine rings is 1. The summed E-state index contributed by atoms with van der Waals surface area (Å²) in [6, 6.07) is 12.4. The number of halogens is 1. The molecule has 2 aromatic rings. The van der Waals surface area contributed by atoms with Gasteiger partial charge in [0.15, 0.2) is 0 Å². The van der Waals surface area contributed by atoms with E-state index in [4.69, 9.17) is 0 Å². The van der Waals surface area contributed by atoms with E-state index in [2.05, 4.69) is 39.5 Å². The van der Waals surface area contributed by atoms with Crippen molar-refractivity contribution in [1.29, 1.82) is 0 Å². The van der Waals surface area contributed by atoms with Crippen molar-refractivity contribution < 1.29 is 4.39 Å². The van der Waals surface area contributed by atoms with E-state index in [1.807, 2.05) is 6.07 Å². The van der Waals surface area contributed by atoms with E-state index in [9.17, 15) is 4.39 Å². The molecular formula is C17H20FN3. The summed E-state index contributed by atoms with van der Waals surface area (Å²) < 4.78 is 13.2. The molecule has 0 amide bonds. The van der Waals surface area contributed by atoms with Crippen LogP contribution in [-0.4, -0.2) is 29.5 Å². The van der Waals surface area contributed by atoms with Gasteiger partial charge in [0.2, 0.25) is 0 Å². The van der Waals surface area contributed by atoms with Gasteiger partial charge in [0, 0.05) is 25.3 Å². The third-order valence-corrected chi connectivity index (χ3v) is 3.85. The van der Waals surface area contributed by atoms with E-state index in [-0.39, 0.29) is 5.82 Å². The lowest BCUT2D eigenvalue weighted by atomic mass is 10.1. The molecule has 110 valence electrons. The molecule has 1 aromatic heterocycles. The van der Waals surface area contributed by atoms with E-state index in [1.165, 1.54) is 11.8 Å². The number of rotatable bonds is 3. The SMILES string of the molecule is Fc1cncc(CN2CCCNC(c3ccccc3)C2)c1. The van der Waals surface area contributed by atoms with Crippen LogP contribution in [0.25, 0.3) is 0 Å². The van der Waals surface area contributed by atoms with Crippen LogP contribution >= 0.6 is 0 Å². The first kappa shape index (κ1) is 14.2. The van der Waals surface area contributed by atoms with Crippen LogP contribution in [-0.2, 0) is 6.54 Å². The van der Waals surface area contributed by atoms with Gasteiger partial charge >= 0.3 is 0 Å². The normalized spacial score (nSPS) is 20.1. The lowest BCUT2D eigenvalue weighted by Gasteiger charge is -2.24. The first-order chi connectivity index (χ1) is 10.3. The third-order valence-electron chi connectivity index (χ3n) is 3.85. The van der Waals surface area contributed by atoms with Crippen molar-refractivity contribution in [3.05, 3.63) is 65.7 Å². The van der Waals surface area contributed by atoms with Gasteiger partial charge in [0.1, 0.15) is 5.82 Å². The van der Waals surface area contributed by atoms with Crippen LogP contribution in [0.2, 0.25) is 0 Å². The van der Waals surface area contributed by atoms with Gasteiger partial charge in [-0.15, -0.1) is 0 Å². The van der Waals surface area contributed by atoms with E-state index >= 15 is 0 Å². The molecule has 1 fully saturated rings. The molecule has 1 unspecified atom stereocenters. The molecule has 1 aliphatic rings. The molecule has 0 saturated carbocycles. The van der Waals surface area contributed by atoms with Crippen molar-refractivity contribution in [2.75, 3.05) is 19.6 Å². The molecule has 1 atom stereocenters. The number of hydrogen-bond acceptors (Lipinski definition) is 3. The first-order valence-electron chi connectivity index (χ1n) is 7.41.